The second kappa shape index (κ2) is 12.1. The van der Waals surface area contributed by atoms with Gasteiger partial charge in [0.05, 0.1) is 7.11 Å². The number of esters is 1. The Balaban J connectivity index is 0. The van der Waals surface area contributed by atoms with E-state index in [0.29, 0.717) is 0 Å². The third-order valence-electron chi connectivity index (χ3n) is 1.37. The molecular weight excluding hydrogens is 178 g/mol. The monoisotopic (exact) mass is 201 g/mol. The number of methoxy groups -OCH3 is 1. The number of carbonyl (C=O) groups is 1. The van der Waals surface area contributed by atoms with Crippen molar-refractivity contribution in [3.05, 3.63) is 0 Å². The highest BCUT2D eigenvalue weighted by Crippen LogP contribution is 2.00. The molecule has 0 aromatic rings. The molecule has 1 rings (SSSR count). The maximum Gasteiger partial charge on any atom is 0.302 e. The summed E-state index contributed by atoms with van der Waals surface area (Å²) in [5, 5.41) is 0. The molecule has 0 amide bonds. The van der Waals surface area contributed by atoms with Crippen molar-refractivity contribution in [1.82, 2.24) is 0 Å². The van der Waals surface area contributed by atoms with Crippen LogP contribution >= 0.6 is 0 Å². The zero-order chi connectivity index (χ0) is 11.4. The maximum atomic E-state index is 9.59. The van der Waals surface area contributed by atoms with E-state index in [0.717, 1.165) is 6.54 Å². The average Bonchev–Trinajstić information content (AvgIpc) is 2.58. The van der Waals surface area contributed by atoms with Crippen molar-refractivity contribution in [1.29, 1.82) is 0 Å². The van der Waals surface area contributed by atoms with Gasteiger partial charge in [-0.25, -0.2) is 0 Å². The van der Waals surface area contributed by atoms with Crippen LogP contribution in [0.5, 0.6) is 0 Å². The van der Waals surface area contributed by atoms with Crippen LogP contribution in [0.4, 0.5) is 0 Å². The fourth-order valence-corrected chi connectivity index (χ4v) is 0.684. The molecular formula is C11H23NO2. The van der Waals surface area contributed by atoms with Crippen molar-refractivity contribution in [3.63, 3.8) is 0 Å². The Labute approximate surface area is 87.6 Å². The van der Waals surface area contributed by atoms with Gasteiger partial charge in [0.15, 0.2) is 0 Å². The van der Waals surface area contributed by atoms with Crippen molar-refractivity contribution < 1.29 is 9.53 Å². The minimum Gasteiger partial charge on any atom is -0.469 e. The van der Waals surface area contributed by atoms with Gasteiger partial charge in [-0.3, -0.25) is 9.79 Å². The summed E-state index contributed by atoms with van der Waals surface area (Å²) in [6, 6.07) is 0. The van der Waals surface area contributed by atoms with Crippen LogP contribution in [0.1, 0.15) is 47.0 Å². The Bertz CT molecular complexity index is 165. The number of nitrogens with zero attached hydrogens (tertiary/aromatic N) is 1. The average molecular weight is 201 g/mol. The molecule has 1 aliphatic heterocycles. The first-order valence-electron chi connectivity index (χ1n) is 5.12. The molecule has 0 bridgehead atoms. The third kappa shape index (κ3) is 17.3. The summed E-state index contributed by atoms with van der Waals surface area (Å²) in [6.07, 6.45) is 3.77. The van der Waals surface area contributed by atoms with Crippen molar-refractivity contribution in [3.8, 4) is 0 Å². The van der Waals surface area contributed by atoms with Crippen LogP contribution in [0.2, 0.25) is 0 Å². The molecule has 1 aliphatic rings. The SMILES string of the molecule is CC1=NCCC1.CCC.COC(C)=O. The molecule has 0 saturated carbocycles. The quantitative estimate of drug-likeness (QED) is 0.565. The highest BCUT2D eigenvalue weighted by Gasteiger charge is 1.96. The fraction of sp³-hybridized carbons (Fsp3) is 0.818. The van der Waals surface area contributed by atoms with Gasteiger partial charge >= 0.3 is 5.97 Å². The van der Waals surface area contributed by atoms with Crippen LogP contribution in [-0.2, 0) is 9.53 Å². The first kappa shape index (κ1) is 15.6. The van der Waals surface area contributed by atoms with E-state index in [-0.39, 0.29) is 5.97 Å². The molecule has 0 aromatic heterocycles. The normalized spacial score (nSPS) is 12.8. The molecule has 0 fully saturated rings. The van der Waals surface area contributed by atoms with Crippen LogP contribution in [-0.4, -0.2) is 25.3 Å². The molecule has 0 spiro atoms. The number of carbonyl (C=O) groups excluding carboxylic acids is 1. The topological polar surface area (TPSA) is 38.7 Å². The lowest BCUT2D eigenvalue weighted by atomic mass is 10.3. The van der Waals surface area contributed by atoms with E-state index >= 15 is 0 Å². The van der Waals surface area contributed by atoms with Gasteiger partial charge in [-0.15, -0.1) is 0 Å². The molecule has 0 aromatic carbocycles. The predicted molar refractivity (Wildman–Crippen MR) is 60.9 cm³/mol. The molecule has 14 heavy (non-hydrogen) atoms. The van der Waals surface area contributed by atoms with E-state index in [1.54, 1.807) is 0 Å². The smallest absolute Gasteiger partial charge is 0.302 e. The Hall–Kier alpha value is -0.860. The van der Waals surface area contributed by atoms with Crippen LogP contribution in [0, 0.1) is 0 Å². The van der Waals surface area contributed by atoms with Gasteiger partial charge < -0.3 is 4.74 Å². The predicted octanol–water partition coefficient (Wildman–Crippen LogP) is 2.84. The van der Waals surface area contributed by atoms with Gasteiger partial charge in [-0.05, 0) is 19.8 Å². The zero-order valence-electron chi connectivity index (χ0n) is 10.1. The highest BCUT2D eigenvalue weighted by atomic mass is 16.5. The maximum absolute atomic E-state index is 9.59. The van der Waals surface area contributed by atoms with Crippen LogP contribution in [0.15, 0.2) is 4.99 Å². The molecule has 3 nitrogen and oxygen atoms in total. The lowest BCUT2D eigenvalue weighted by Crippen LogP contribution is -1.88. The molecule has 0 unspecified atom stereocenters. The molecule has 0 aliphatic carbocycles. The standard InChI is InChI=1S/C5H9N.C3H6O2.C3H8/c1-5-3-2-4-6-5;1-3(4)5-2;1-3-2/h2-4H2,1H3;1-2H3;3H2,1-2H3. The minimum absolute atomic E-state index is 0.245. The Morgan fingerprint density at radius 1 is 1.50 bits per heavy atom. The summed E-state index contributed by atoms with van der Waals surface area (Å²) in [6.45, 7) is 8.78. The summed E-state index contributed by atoms with van der Waals surface area (Å²) in [4.78, 5) is 13.7. The van der Waals surface area contributed by atoms with Gasteiger partial charge in [0.25, 0.3) is 0 Å². The van der Waals surface area contributed by atoms with E-state index < -0.39 is 0 Å². The van der Waals surface area contributed by atoms with Crippen molar-refractivity contribution in [2.75, 3.05) is 13.7 Å². The summed E-state index contributed by atoms with van der Waals surface area (Å²) in [5.41, 5.74) is 1.33. The second-order valence-electron chi connectivity index (χ2n) is 3.12. The van der Waals surface area contributed by atoms with E-state index in [9.17, 15) is 4.79 Å². The first-order chi connectivity index (χ1) is 6.58. The van der Waals surface area contributed by atoms with E-state index in [1.807, 2.05) is 0 Å². The van der Waals surface area contributed by atoms with E-state index in [1.165, 1.54) is 39.0 Å². The van der Waals surface area contributed by atoms with Crippen LogP contribution in [0.3, 0.4) is 0 Å². The van der Waals surface area contributed by atoms with Crippen LogP contribution in [0.25, 0.3) is 0 Å². The van der Waals surface area contributed by atoms with Gasteiger partial charge in [0, 0.05) is 19.2 Å². The summed E-state index contributed by atoms with van der Waals surface area (Å²) in [5.74, 6) is -0.245. The molecule has 0 atom stereocenters. The number of hydrogen-bond acceptors (Lipinski definition) is 3. The molecule has 0 radical (unpaired) electrons. The summed E-state index contributed by atoms with van der Waals surface area (Å²) in [7, 11) is 1.35. The van der Waals surface area contributed by atoms with Crippen LogP contribution < -0.4 is 0 Å². The van der Waals surface area contributed by atoms with Crippen molar-refractivity contribution >= 4 is 11.7 Å². The number of hydrogen-bond donors (Lipinski definition) is 0. The van der Waals surface area contributed by atoms with Gasteiger partial charge in [-0.2, -0.15) is 0 Å². The Morgan fingerprint density at radius 2 is 1.93 bits per heavy atom. The van der Waals surface area contributed by atoms with Gasteiger partial charge in [-0.1, -0.05) is 20.3 Å². The van der Waals surface area contributed by atoms with E-state index in [2.05, 4.69) is 30.5 Å². The molecule has 84 valence electrons. The van der Waals surface area contributed by atoms with Gasteiger partial charge in [0.1, 0.15) is 0 Å². The molecule has 0 saturated heterocycles. The largest absolute Gasteiger partial charge is 0.469 e. The van der Waals surface area contributed by atoms with E-state index in [4.69, 9.17) is 0 Å². The fourth-order valence-electron chi connectivity index (χ4n) is 0.684. The lowest BCUT2D eigenvalue weighted by Gasteiger charge is -1.80. The van der Waals surface area contributed by atoms with Crippen molar-refractivity contribution in [2.45, 2.75) is 47.0 Å². The van der Waals surface area contributed by atoms with Crippen molar-refractivity contribution in [2.24, 2.45) is 4.99 Å². The highest BCUT2D eigenvalue weighted by molar-refractivity contribution is 5.83. The lowest BCUT2D eigenvalue weighted by molar-refractivity contribution is -0.137. The number of ether oxygens (including phenoxy) is 1. The first-order valence-corrected chi connectivity index (χ1v) is 5.12. The number of aliphatic imine (C=N–C) groups is 1. The summed E-state index contributed by atoms with van der Waals surface area (Å²) < 4.78 is 4.11. The zero-order valence-corrected chi connectivity index (χ0v) is 10.1. The minimum atomic E-state index is -0.245. The molecule has 3 heteroatoms. The third-order valence-corrected chi connectivity index (χ3v) is 1.37. The molecule has 1 heterocycles. The Kier molecular flexibility index (Phi) is 13.5. The summed E-state index contributed by atoms with van der Waals surface area (Å²) >= 11 is 0. The Morgan fingerprint density at radius 3 is 2.00 bits per heavy atom. The number of rotatable bonds is 0. The van der Waals surface area contributed by atoms with Gasteiger partial charge in [0.2, 0.25) is 0 Å². The second-order valence-corrected chi connectivity index (χ2v) is 3.12. The molecule has 0 N–H and O–H groups in total.